The minimum absolute atomic E-state index is 0.309. The second-order valence-electron chi connectivity index (χ2n) is 12.8. The summed E-state index contributed by atoms with van der Waals surface area (Å²) in [5, 5.41) is 0. The zero-order valence-corrected chi connectivity index (χ0v) is 28.9. The van der Waals surface area contributed by atoms with Crippen molar-refractivity contribution < 1.29 is 9.53 Å². The maximum atomic E-state index is 12.6. The van der Waals surface area contributed by atoms with Crippen molar-refractivity contribution in [2.75, 3.05) is 6.61 Å². The molecule has 0 aromatic heterocycles. The molecule has 0 atom stereocenters. The number of benzene rings is 4. The number of hydrogen-bond acceptors (Lipinski definition) is 6. The number of ether oxygens (including phenoxy) is 1. The van der Waals surface area contributed by atoms with E-state index in [-0.39, 0.29) is 5.97 Å². The van der Waals surface area contributed by atoms with E-state index in [4.69, 9.17) is 24.7 Å². The smallest absolute Gasteiger partial charge is 0.338 e. The molecule has 5 aliphatic rings. The van der Waals surface area contributed by atoms with Crippen LogP contribution in [-0.2, 0) is 4.74 Å². The molecule has 0 amide bonds. The van der Waals surface area contributed by atoms with Gasteiger partial charge in [0.25, 0.3) is 0 Å². The number of carbonyl (C=O) groups is 1. The fraction of sp³-hybridized carbons (Fsp3) is 0.0426. The summed E-state index contributed by atoms with van der Waals surface area (Å²) in [6, 6.07) is 38.3. The van der Waals surface area contributed by atoms with Gasteiger partial charge in [-0.25, -0.2) is 24.8 Å². The van der Waals surface area contributed by atoms with Crippen LogP contribution in [0.15, 0.2) is 207 Å². The molecular formula is C47H32N4O2. The summed E-state index contributed by atoms with van der Waals surface area (Å²) in [7, 11) is 0. The fourth-order valence-corrected chi connectivity index (χ4v) is 7.07. The molecule has 9 rings (SSSR count). The third-order valence-corrected chi connectivity index (χ3v) is 9.48. The van der Waals surface area contributed by atoms with Gasteiger partial charge in [0.2, 0.25) is 0 Å². The number of allylic oxidation sites excluding steroid dienone is 12. The summed E-state index contributed by atoms with van der Waals surface area (Å²) in [4.78, 5) is 33.8. The van der Waals surface area contributed by atoms with Crippen LogP contribution in [0.5, 0.6) is 0 Å². The number of aliphatic imine (C=N–C) groups is 4. The SMILES string of the molecule is CCOC(=O)c1ccc(C2=C3C=CC(=N3)C(c3ccccc3)=C3C=CC(=N3)C(c3ccccc3)=C3C=CC(=N3)C(c3ccccc3)=C3C=CC2=N3)cc1. The van der Waals surface area contributed by atoms with E-state index in [1.807, 2.05) is 78.9 Å². The Hall–Kier alpha value is -7.05. The molecule has 0 radical (unpaired) electrons. The molecule has 5 heterocycles. The predicted octanol–water partition coefficient (Wildman–Crippen LogP) is 9.87. The number of esters is 1. The first-order valence-electron chi connectivity index (χ1n) is 17.6. The number of rotatable bonds is 6. The Morgan fingerprint density at radius 1 is 0.415 bits per heavy atom. The average Bonchev–Trinajstić information content (AvgIpc) is 4.04. The lowest BCUT2D eigenvalue weighted by atomic mass is 9.97. The minimum Gasteiger partial charge on any atom is -0.462 e. The van der Waals surface area contributed by atoms with Crippen LogP contribution in [0.2, 0.25) is 0 Å². The van der Waals surface area contributed by atoms with Crippen molar-refractivity contribution in [1.82, 2.24) is 0 Å². The molecule has 0 unspecified atom stereocenters. The summed E-state index contributed by atoms with van der Waals surface area (Å²) in [6.45, 7) is 2.11. The van der Waals surface area contributed by atoms with Crippen molar-refractivity contribution in [2.45, 2.75) is 6.92 Å². The van der Waals surface area contributed by atoms with Gasteiger partial charge in [0, 0.05) is 22.3 Å². The molecule has 4 aromatic rings. The van der Waals surface area contributed by atoms with Gasteiger partial charge in [-0.1, -0.05) is 103 Å². The van der Waals surface area contributed by atoms with E-state index < -0.39 is 0 Å². The van der Waals surface area contributed by atoms with Crippen LogP contribution in [-0.4, -0.2) is 35.4 Å². The molecule has 0 fully saturated rings. The first-order valence-corrected chi connectivity index (χ1v) is 17.6. The zero-order chi connectivity index (χ0) is 35.7. The maximum absolute atomic E-state index is 12.6. The van der Waals surface area contributed by atoms with Crippen molar-refractivity contribution in [2.24, 2.45) is 20.0 Å². The second kappa shape index (κ2) is 13.6. The van der Waals surface area contributed by atoms with Gasteiger partial charge >= 0.3 is 5.97 Å². The lowest BCUT2D eigenvalue weighted by molar-refractivity contribution is 0.0526. The third-order valence-electron chi connectivity index (χ3n) is 9.48. The normalized spacial score (nSPS) is 17.2. The molecule has 0 saturated carbocycles. The van der Waals surface area contributed by atoms with E-state index in [9.17, 15) is 4.79 Å². The van der Waals surface area contributed by atoms with Crippen molar-refractivity contribution in [3.8, 4) is 0 Å². The molecular weight excluding hydrogens is 653 g/mol. The molecule has 6 heteroatoms. The van der Waals surface area contributed by atoms with Crippen LogP contribution >= 0.6 is 0 Å². The number of nitrogens with zero attached hydrogens (tertiary/aromatic N) is 4. The minimum atomic E-state index is -0.357. The van der Waals surface area contributed by atoms with E-state index in [2.05, 4.69) is 72.9 Å². The lowest BCUT2D eigenvalue weighted by Crippen LogP contribution is -2.06. The summed E-state index contributed by atoms with van der Waals surface area (Å²) in [5.74, 6) is -0.357. The Labute approximate surface area is 307 Å². The Morgan fingerprint density at radius 3 is 1.02 bits per heavy atom. The number of carbonyl (C=O) groups excluding carboxylic acids is 1. The number of fused-ring (bicyclic) bond motifs is 4. The predicted molar refractivity (Wildman–Crippen MR) is 216 cm³/mol. The van der Waals surface area contributed by atoms with Crippen LogP contribution in [0, 0.1) is 0 Å². The molecule has 0 N–H and O–H groups in total. The van der Waals surface area contributed by atoms with Crippen LogP contribution in [0.1, 0.15) is 39.5 Å². The Bertz CT molecular complexity index is 2530. The fourth-order valence-electron chi connectivity index (χ4n) is 7.07. The molecule has 53 heavy (non-hydrogen) atoms. The van der Waals surface area contributed by atoms with E-state index in [1.54, 1.807) is 19.1 Å². The summed E-state index contributed by atoms with van der Waals surface area (Å²) >= 11 is 0. The van der Waals surface area contributed by atoms with E-state index in [0.717, 1.165) is 90.2 Å². The monoisotopic (exact) mass is 684 g/mol. The van der Waals surface area contributed by atoms with Crippen LogP contribution in [0.3, 0.4) is 0 Å². The second-order valence-corrected chi connectivity index (χ2v) is 12.8. The van der Waals surface area contributed by atoms with Crippen molar-refractivity contribution >= 4 is 51.1 Å². The summed E-state index contributed by atoms with van der Waals surface area (Å²) in [6.07, 6.45) is 16.5. The number of hydrogen-bond donors (Lipinski definition) is 0. The highest BCUT2D eigenvalue weighted by molar-refractivity contribution is 6.39. The molecule has 0 aliphatic carbocycles. The van der Waals surface area contributed by atoms with Crippen LogP contribution in [0.25, 0.3) is 22.3 Å². The van der Waals surface area contributed by atoms with Crippen LogP contribution in [0.4, 0.5) is 0 Å². The van der Waals surface area contributed by atoms with E-state index in [0.29, 0.717) is 12.2 Å². The molecule has 6 nitrogen and oxygen atoms in total. The summed E-state index contributed by atoms with van der Waals surface area (Å²) in [5.41, 5.74) is 14.4. The standard InChI is InChI=1S/C47H32N4O2/c1-2-53-47(52)34-20-18-33(19-21-34)46-41-28-26-39(50-41)44(31-14-8-4-9-15-31)37-24-22-35(48-37)43(30-12-6-3-7-13-30)36-23-25-38(49-36)45(32-16-10-5-11-17-32)40-27-29-42(46)51-40/h3-29H,2H2,1H3. The Morgan fingerprint density at radius 2 is 0.717 bits per heavy atom. The van der Waals surface area contributed by atoms with Gasteiger partial charge in [0.1, 0.15) is 0 Å². The molecule has 0 saturated heterocycles. The molecule has 252 valence electrons. The van der Waals surface area contributed by atoms with Gasteiger partial charge in [0.05, 0.1) is 57.8 Å². The van der Waals surface area contributed by atoms with E-state index >= 15 is 0 Å². The summed E-state index contributed by atoms with van der Waals surface area (Å²) < 4.78 is 5.27. The highest BCUT2D eigenvalue weighted by atomic mass is 16.5. The molecule has 8 bridgehead atoms. The first kappa shape index (κ1) is 31.9. The highest BCUT2D eigenvalue weighted by Crippen LogP contribution is 2.38. The van der Waals surface area contributed by atoms with Gasteiger partial charge in [-0.15, -0.1) is 0 Å². The molecule has 0 spiro atoms. The zero-order valence-electron chi connectivity index (χ0n) is 28.9. The lowest BCUT2D eigenvalue weighted by Gasteiger charge is -2.13. The molecule has 5 aliphatic heterocycles. The largest absolute Gasteiger partial charge is 0.462 e. The third kappa shape index (κ3) is 5.96. The Balaban J connectivity index is 1.33. The van der Waals surface area contributed by atoms with Crippen molar-refractivity contribution in [1.29, 1.82) is 0 Å². The topological polar surface area (TPSA) is 75.7 Å². The van der Waals surface area contributed by atoms with Gasteiger partial charge in [-0.2, -0.15) is 0 Å². The average molecular weight is 685 g/mol. The van der Waals surface area contributed by atoms with E-state index in [1.165, 1.54) is 0 Å². The quantitative estimate of drug-likeness (QED) is 0.190. The van der Waals surface area contributed by atoms with Gasteiger partial charge in [-0.3, -0.25) is 0 Å². The van der Waals surface area contributed by atoms with Crippen molar-refractivity contribution in [3.05, 3.63) is 214 Å². The molecule has 4 aromatic carbocycles. The van der Waals surface area contributed by atoms with Gasteiger partial charge in [0.15, 0.2) is 0 Å². The van der Waals surface area contributed by atoms with Gasteiger partial charge in [-0.05, 0) is 89.9 Å². The highest BCUT2D eigenvalue weighted by Gasteiger charge is 2.27. The Kier molecular flexibility index (Phi) is 8.18. The maximum Gasteiger partial charge on any atom is 0.338 e. The van der Waals surface area contributed by atoms with Crippen LogP contribution < -0.4 is 0 Å². The van der Waals surface area contributed by atoms with Crippen molar-refractivity contribution in [3.63, 3.8) is 0 Å². The first-order chi connectivity index (χ1) is 26.1. The van der Waals surface area contributed by atoms with Gasteiger partial charge < -0.3 is 4.74 Å².